The molecular weight excluding hydrogens is 496 g/mol. The average molecular weight is 529 g/mol. The van der Waals surface area contributed by atoms with E-state index in [2.05, 4.69) is 56.6 Å². The fourth-order valence-electron chi connectivity index (χ4n) is 5.00. The number of aromatic nitrogens is 2. The molecule has 0 radical (unpaired) electrons. The van der Waals surface area contributed by atoms with E-state index in [0.717, 1.165) is 78.4 Å². The van der Waals surface area contributed by atoms with Crippen LogP contribution in [0.3, 0.4) is 0 Å². The Hall–Kier alpha value is -3.68. The van der Waals surface area contributed by atoms with Gasteiger partial charge in [0.05, 0.1) is 5.52 Å². The molecule has 0 unspecified atom stereocenters. The third kappa shape index (κ3) is 6.06. The summed E-state index contributed by atoms with van der Waals surface area (Å²) in [7, 11) is 0. The third-order valence-electron chi connectivity index (χ3n) is 6.90. The normalized spacial score (nSPS) is 14.0. The maximum absolute atomic E-state index is 11.4. The largest absolute Gasteiger partial charge is 0.369 e. The summed E-state index contributed by atoms with van der Waals surface area (Å²) in [6.07, 6.45) is 2.90. The van der Waals surface area contributed by atoms with Gasteiger partial charge in [0.2, 0.25) is 11.9 Å². The van der Waals surface area contributed by atoms with Gasteiger partial charge in [0.25, 0.3) is 0 Å². The van der Waals surface area contributed by atoms with Crippen LogP contribution in [0.2, 0.25) is 0 Å². The first-order valence-electron chi connectivity index (χ1n) is 13.0. The van der Waals surface area contributed by atoms with Crippen molar-refractivity contribution in [1.82, 2.24) is 14.9 Å². The van der Waals surface area contributed by atoms with E-state index in [-0.39, 0.29) is 5.91 Å². The lowest BCUT2D eigenvalue weighted by Gasteiger charge is -2.36. The minimum atomic E-state index is -0.0877. The number of anilines is 4. The molecule has 3 aromatic carbocycles. The van der Waals surface area contributed by atoms with Gasteiger partial charge in [0.15, 0.2) is 0 Å². The number of piperazine rings is 1. The van der Waals surface area contributed by atoms with Gasteiger partial charge >= 0.3 is 0 Å². The first kappa shape index (κ1) is 25.9. The summed E-state index contributed by atoms with van der Waals surface area (Å²) in [5, 5.41) is 7.18. The van der Waals surface area contributed by atoms with Gasteiger partial charge in [0, 0.05) is 73.2 Å². The van der Waals surface area contributed by atoms with Crippen LogP contribution in [0.15, 0.2) is 66.9 Å². The van der Waals surface area contributed by atoms with Crippen LogP contribution in [0.1, 0.15) is 18.9 Å². The summed E-state index contributed by atoms with van der Waals surface area (Å²) in [4.78, 5) is 25.7. The molecule has 1 saturated heterocycles. The number of nitrogens with zero attached hydrogens (tertiary/aromatic N) is 4. The lowest BCUT2D eigenvalue weighted by atomic mass is 10.0. The van der Waals surface area contributed by atoms with E-state index < -0.39 is 0 Å². The van der Waals surface area contributed by atoms with Crippen molar-refractivity contribution in [1.29, 1.82) is 0 Å². The van der Waals surface area contributed by atoms with E-state index in [0.29, 0.717) is 5.95 Å². The molecule has 1 aromatic heterocycles. The van der Waals surface area contributed by atoms with E-state index in [9.17, 15) is 4.79 Å². The van der Waals surface area contributed by atoms with Crippen molar-refractivity contribution >= 4 is 51.4 Å². The van der Waals surface area contributed by atoms with Gasteiger partial charge in [-0.1, -0.05) is 30.3 Å². The van der Waals surface area contributed by atoms with Gasteiger partial charge in [0.1, 0.15) is 0 Å². The Kier molecular flexibility index (Phi) is 8.05. The van der Waals surface area contributed by atoms with Crippen LogP contribution in [0.5, 0.6) is 0 Å². The summed E-state index contributed by atoms with van der Waals surface area (Å²) >= 11 is 5.86. The highest BCUT2D eigenvalue weighted by atomic mass is 35.5. The van der Waals surface area contributed by atoms with Crippen LogP contribution in [-0.2, 0) is 4.79 Å². The molecule has 8 heteroatoms. The standard InChI is InChI=1S/C30H33ClN6O/c1-21-19-26(11-12-28(21)37-17-15-36(16-18-37)14-4-13-31)34-30-32-20-24-5-3-6-27(29(24)35-30)23-7-9-25(10-8-23)33-22(2)38/h3,5-12,19-20H,4,13-18H2,1-2H3,(H,33,38)(H,32,34,35). The van der Waals surface area contributed by atoms with Gasteiger partial charge in [-0.2, -0.15) is 0 Å². The number of benzene rings is 3. The third-order valence-corrected chi connectivity index (χ3v) is 7.17. The van der Waals surface area contributed by atoms with Crippen molar-refractivity contribution in [3.8, 4) is 11.1 Å². The van der Waals surface area contributed by atoms with Crippen molar-refractivity contribution in [3.63, 3.8) is 0 Å². The first-order valence-corrected chi connectivity index (χ1v) is 13.6. The second-order valence-corrected chi connectivity index (χ2v) is 10.1. The predicted octanol–water partition coefficient (Wildman–Crippen LogP) is 6.06. The molecule has 0 spiro atoms. The Bertz CT molecular complexity index is 1420. The molecular formula is C30H33ClN6O. The Morgan fingerprint density at radius 1 is 1.00 bits per heavy atom. The second kappa shape index (κ2) is 11.8. The molecule has 0 saturated carbocycles. The number of halogens is 1. The zero-order chi connectivity index (χ0) is 26.5. The molecule has 196 valence electrons. The number of fused-ring (bicyclic) bond motifs is 1. The number of hydrogen-bond acceptors (Lipinski definition) is 6. The number of nitrogens with one attached hydrogen (secondary N) is 2. The number of amides is 1. The number of para-hydroxylation sites is 1. The zero-order valence-corrected chi connectivity index (χ0v) is 22.6. The van der Waals surface area contributed by atoms with Gasteiger partial charge in [-0.15, -0.1) is 11.6 Å². The van der Waals surface area contributed by atoms with Gasteiger partial charge < -0.3 is 15.5 Å². The first-order chi connectivity index (χ1) is 18.5. The Balaban J connectivity index is 1.32. The Morgan fingerprint density at radius 3 is 2.47 bits per heavy atom. The maximum Gasteiger partial charge on any atom is 0.227 e. The molecule has 7 nitrogen and oxygen atoms in total. The van der Waals surface area contributed by atoms with Crippen LogP contribution >= 0.6 is 11.6 Å². The minimum absolute atomic E-state index is 0.0877. The SMILES string of the molecule is CC(=O)Nc1ccc(-c2cccc3cnc(Nc4ccc(N5CCN(CCCCl)CC5)c(C)c4)nc23)cc1. The fourth-order valence-corrected chi connectivity index (χ4v) is 5.12. The van der Waals surface area contributed by atoms with E-state index in [1.807, 2.05) is 42.6 Å². The van der Waals surface area contributed by atoms with Crippen LogP contribution in [0.25, 0.3) is 22.0 Å². The average Bonchev–Trinajstić information content (AvgIpc) is 2.92. The number of aryl methyl sites for hydroxylation is 1. The number of alkyl halides is 1. The van der Waals surface area contributed by atoms with E-state index >= 15 is 0 Å². The molecule has 0 atom stereocenters. The van der Waals surface area contributed by atoms with Crippen LogP contribution in [0.4, 0.5) is 23.0 Å². The lowest BCUT2D eigenvalue weighted by Crippen LogP contribution is -2.46. The topological polar surface area (TPSA) is 73.4 Å². The summed E-state index contributed by atoms with van der Waals surface area (Å²) in [6, 6.07) is 20.3. The molecule has 4 aromatic rings. The predicted molar refractivity (Wildman–Crippen MR) is 158 cm³/mol. The van der Waals surface area contributed by atoms with Crippen molar-refractivity contribution in [2.75, 3.05) is 54.1 Å². The van der Waals surface area contributed by atoms with Gasteiger partial charge in [-0.25, -0.2) is 9.97 Å². The van der Waals surface area contributed by atoms with Gasteiger partial charge in [-0.05, 0) is 61.3 Å². The van der Waals surface area contributed by atoms with Crippen molar-refractivity contribution in [3.05, 3.63) is 72.4 Å². The van der Waals surface area contributed by atoms with Gasteiger partial charge in [-0.3, -0.25) is 9.69 Å². The monoisotopic (exact) mass is 528 g/mol. The molecule has 0 aliphatic carbocycles. The summed E-state index contributed by atoms with van der Waals surface area (Å²) in [5.74, 6) is 1.19. The lowest BCUT2D eigenvalue weighted by molar-refractivity contribution is -0.114. The quantitative estimate of drug-likeness (QED) is 0.271. The number of rotatable bonds is 8. The molecule has 1 aliphatic heterocycles. The smallest absolute Gasteiger partial charge is 0.227 e. The number of carbonyl (C=O) groups excluding carboxylic acids is 1. The van der Waals surface area contributed by atoms with E-state index in [1.54, 1.807) is 0 Å². The summed E-state index contributed by atoms with van der Waals surface area (Å²) < 4.78 is 0. The van der Waals surface area contributed by atoms with E-state index in [4.69, 9.17) is 16.6 Å². The van der Waals surface area contributed by atoms with Crippen LogP contribution in [-0.4, -0.2) is 59.4 Å². The van der Waals surface area contributed by atoms with Crippen LogP contribution in [0, 0.1) is 6.92 Å². The molecule has 1 amide bonds. The molecule has 1 fully saturated rings. The summed E-state index contributed by atoms with van der Waals surface area (Å²) in [5.41, 5.74) is 7.14. The molecule has 0 bridgehead atoms. The molecule has 1 aliphatic rings. The molecule has 2 N–H and O–H groups in total. The van der Waals surface area contributed by atoms with Crippen molar-refractivity contribution in [2.24, 2.45) is 0 Å². The van der Waals surface area contributed by atoms with Crippen molar-refractivity contribution < 1.29 is 4.79 Å². The minimum Gasteiger partial charge on any atom is -0.369 e. The highest BCUT2D eigenvalue weighted by molar-refractivity contribution is 6.17. The molecule has 2 heterocycles. The molecule has 38 heavy (non-hydrogen) atoms. The highest BCUT2D eigenvalue weighted by Gasteiger charge is 2.18. The Morgan fingerprint density at radius 2 is 1.76 bits per heavy atom. The second-order valence-electron chi connectivity index (χ2n) is 9.69. The maximum atomic E-state index is 11.4. The van der Waals surface area contributed by atoms with E-state index in [1.165, 1.54) is 18.2 Å². The molecule has 5 rings (SSSR count). The number of hydrogen-bond donors (Lipinski definition) is 2. The Labute approximate surface area is 228 Å². The fraction of sp³-hybridized carbons (Fsp3) is 0.300. The van der Waals surface area contributed by atoms with Crippen molar-refractivity contribution in [2.45, 2.75) is 20.3 Å². The zero-order valence-electron chi connectivity index (χ0n) is 21.9. The number of carbonyl (C=O) groups is 1. The highest BCUT2D eigenvalue weighted by Crippen LogP contribution is 2.30. The summed E-state index contributed by atoms with van der Waals surface area (Å²) in [6.45, 7) is 8.93. The van der Waals surface area contributed by atoms with Crippen LogP contribution < -0.4 is 15.5 Å².